The van der Waals surface area contributed by atoms with Crippen molar-refractivity contribution in [3.05, 3.63) is 64.7 Å². The quantitative estimate of drug-likeness (QED) is 0.894. The number of aryl methyl sites for hydroxylation is 1. The number of phenols is 1. The van der Waals surface area contributed by atoms with E-state index in [-0.39, 0.29) is 5.91 Å². The van der Waals surface area contributed by atoms with Crippen molar-refractivity contribution >= 4 is 17.5 Å². The number of carbonyl (C=O) groups excluding carboxylic acids is 1. The van der Waals surface area contributed by atoms with Gasteiger partial charge < -0.3 is 10.0 Å². The number of halogens is 1. The van der Waals surface area contributed by atoms with E-state index in [1.807, 2.05) is 41.3 Å². The van der Waals surface area contributed by atoms with Gasteiger partial charge in [0, 0.05) is 24.5 Å². The lowest BCUT2D eigenvalue weighted by Crippen LogP contribution is -2.38. The third kappa shape index (κ3) is 4.09. The maximum atomic E-state index is 12.4. The molecule has 1 aliphatic heterocycles. The summed E-state index contributed by atoms with van der Waals surface area (Å²) >= 11 is 6.15. The Morgan fingerprint density at radius 3 is 2.42 bits per heavy atom. The molecule has 0 aliphatic carbocycles. The highest BCUT2D eigenvalue weighted by Crippen LogP contribution is 2.29. The fourth-order valence-electron chi connectivity index (χ4n) is 3.31. The first-order valence-electron chi connectivity index (χ1n) is 8.43. The maximum Gasteiger partial charge on any atom is 0.222 e. The topological polar surface area (TPSA) is 40.5 Å². The van der Waals surface area contributed by atoms with E-state index in [0.29, 0.717) is 24.5 Å². The molecule has 0 unspecified atom stereocenters. The van der Waals surface area contributed by atoms with E-state index >= 15 is 0 Å². The highest BCUT2D eigenvalue weighted by Gasteiger charge is 2.23. The summed E-state index contributed by atoms with van der Waals surface area (Å²) in [5, 5.41) is 10.1. The average molecular weight is 344 g/mol. The molecule has 0 saturated carbocycles. The number of piperidine rings is 1. The van der Waals surface area contributed by atoms with Gasteiger partial charge in [0.05, 0.1) is 0 Å². The number of aromatic hydroxyl groups is 1. The minimum atomic E-state index is 0.207. The van der Waals surface area contributed by atoms with Gasteiger partial charge >= 0.3 is 0 Å². The second kappa shape index (κ2) is 7.71. The Balaban J connectivity index is 1.50. The van der Waals surface area contributed by atoms with E-state index in [2.05, 4.69) is 0 Å². The third-order valence-corrected chi connectivity index (χ3v) is 5.15. The van der Waals surface area contributed by atoms with Gasteiger partial charge in [0.1, 0.15) is 5.75 Å². The fraction of sp³-hybridized carbons (Fsp3) is 0.350. The number of likely N-dealkylation sites (tertiary alicyclic amines) is 1. The number of hydrogen-bond donors (Lipinski definition) is 1. The van der Waals surface area contributed by atoms with Gasteiger partial charge in [-0.25, -0.2) is 0 Å². The van der Waals surface area contributed by atoms with Crippen molar-refractivity contribution < 1.29 is 9.90 Å². The number of rotatable bonds is 4. The van der Waals surface area contributed by atoms with E-state index in [1.165, 1.54) is 5.56 Å². The van der Waals surface area contributed by atoms with Crippen molar-refractivity contribution in [3.8, 4) is 5.75 Å². The van der Waals surface area contributed by atoms with Crippen LogP contribution in [0.25, 0.3) is 0 Å². The van der Waals surface area contributed by atoms with E-state index in [0.717, 1.165) is 36.5 Å². The van der Waals surface area contributed by atoms with Crippen molar-refractivity contribution in [3.63, 3.8) is 0 Å². The molecule has 1 N–H and O–H groups in total. The van der Waals surface area contributed by atoms with Crippen LogP contribution in [0.2, 0.25) is 5.02 Å². The summed E-state index contributed by atoms with van der Waals surface area (Å²) in [5.74, 6) is 0.975. The van der Waals surface area contributed by atoms with E-state index < -0.39 is 0 Å². The number of benzene rings is 2. The molecule has 0 bridgehead atoms. The second-order valence-electron chi connectivity index (χ2n) is 6.34. The Morgan fingerprint density at radius 1 is 1.08 bits per heavy atom. The van der Waals surface area contributed by atoms with E-state index in [4.69, 9.17) is 11.6 Å². The van der Waals surface area contributed by atoms with Crippen LogP contribution in [0, 0.1) is 0 Å². The van der Waals surface area contributed by atoms with Gasteiger partial charge in [-0.2, -0.15) is 0 Å². The summed E-state index contributed by atoms with van der Waals surface area (Å²) in [5.41, 5.74) is 2.28. The summed E-state index contributed by atoms with van der Waals surface area (Å²) < 4.78 is 0. The molecule has 1 amide bonds. The number of nitrogens with zero attached hydrogens (tertiary/aromatic N) is 1. The molecule has 1 saturated heterocycles. The largest absolute Gasteiger partial charge is 0.508 e. The summed E-state index contributed by atoms with van der Waals surface area (Å²) in [7, 11) is 0. The minimum absolute atomic E-state index is 0.207. The minimum Gasteiger partial charge on any atom is -0.508 e. The van der Waals surface area contributed by atoms with Crippen LogP contribution in [0.1, 0.15) is 36.3 Å². The molecule has 3 rings (SSSR count). The van der Waals surface area contributed by atoms with Gasteiger partial charge in [-0.3, -0.25) is 4.79 Å². The van der Waals surface area contributed by atoms with Crippen molar-refractivity contribution in [2.24, 2.45) is 0 Å². The molecule has 24 heavy (non-hydrogen) atoms. The molecular weight excluding hydrogens is 322 g/mol. The normalized spacial score (nSPS) is 15.5. The SMILES string of the molecule is O=C(CCc1ccccc1Cl)N1CCC(c2ccc(O)cc2)CC1. The van der Waals surface area contributed by atoms with Crippen LogP contribution < -0.4 is 0 Å². The summed E-state index contributed by atoms with van der Waals surface area (Å²) in [4.78, 5) is 14.4. The van der Waals surface area contributed by atoms with Crippen molar-refractivity contribution in [1.82, 2.24) is 4.90 Å². The standard InChI is InChI=1S/C20H22ClNO2/c21-19-4-2-1-3-17(19)7-10-20(24)22-13-11-16(12-14-22)15-5-8-18(23)9-6-15/h1-6,8-9,16,23H,7,10-14H2. The van der Waals surface area contributed by atoms with Crippen LogP contribution in [-0.2, 0) is 11.2 Å². The second-order valence-corrected chi connectivity index (χ2v) is 6.75. The molecule has 1 heterocycles. The van der Waals surface area contributed by atoms with Crippen molar-refractivity contribution in [2.45, 2.75) is 31.6 Å². The zero-order valence-corrected chi connectivity index (χ0v) is 14.4. The zero-order valence-electron chi connectivity index (χ0n) is 13.6. The first-order valence-corrected chi connectivity index (χ1v) is 8.81. The number of carbonyl (C=O) groups is 1. The number of hydrogen-bond acceptors (Lipinski definition) is 2. The van der Waals surface area contributed by atoms with Gasteiger partial charge in [-0.15, -0.1) is 0 Å². The highest BCUT2D eigenvalue weighted by molar-refractivity contribution is 6.31. The monoisotopic (exact) mass is 343 g/mol. The lowest BCUT2D eigenvalue weighted by molar-refractivity contribution is -0.132. The third-order valence-electron chi connectivity index (χ3n) is 4.78. The van der Waals surface area contributed by atoms with Gasteiger partial charge in [-0.1, -0.05) is 41.9 Å². The Kier molecular flexibility index (Phi) is 5.41. The highest BCUT2D eigenvalue weighted by atomic mass is 35.5. The molecular formula is C20H22ClNO2. The van der Waals surface area contributed by atoms with Crippen LogP contribution in [-0.4, -0.2) is 29.0 Å². The maximum absolute atomic E-state index is 12.4. The van der Waals surface area contributed by atoms with Crippen LogP contribution in [0.15, 0.2) is 48.5 Å². The predicted molar refractivity (Wildman–Crippen MR) is 96.4 cm³/mol. The van der Waals surface area contributed by atoms with E-state index in [9.17, 15) is 9.90 Å². The number of amides is 1. The lowest BCUT2D eigenvalue weighted by atomic mass is 9.89. The summed E-state index contributed by atoms with van der Waals surface area (Å²) in [6.45, 7) is 1.60. The van der Waals surface area contributed by atoms with Gasteiger partial charge in [0.25, 0.3) is 0 Å². The van der Waals surface area contributed by atoms with Crippen molar-refractivity contribution in [1.29, 1.82) is 0 Å². The summed E-state index contributed by atoms with van der Waals surface area (Å²) in [6.07, 6.45) is 3.15. The zero-order chi connectivity index (χ0) is 16.9. The number of phenolic OH excluding ortho intramolecular Hbond substituents is 1. The lowest BCUT2D eigenvalue weighted by Gasteiger charge is -2.32. The molecule has 126 valence electrons. The summed E-state index contributed by atoms with van der Waals surface area (Å²) in [6, 6.07) is 15.1. The van der Waals surface area contributed by atoms with Crippen LogP contribution >= 0.6 is 11.6 Å². The smallest absolute Gasteiger partial charge is 0.222 e. The molecule has 0 atom stereocenters. The van der Waals surface area contributed by atoms with Gasteiger partial charge in [-0.05, 0) is 54.5 Å². The van der Waals surface area contributed by atoms with Crippen LogP contribution in [0.5, 0.6) is 5.75 Å². The Hall–Kier alpha value is -2.00. The molecule has 0 radical (unpaired) electrons. The molecule has 1 aliphatic rings. The van der Waals surface area contributed by atoms with Gasteiger partial charge in [0.2, 0.25) is 5.91 Å². The Morgan fingerprint density at radius 2 is 1.75 bits per heavy atom. The molecule has 2 aromatic carbocycles. The Labute approximate surface area is 147 Å². The first-order chi connectivity index (χ1) is 11.6. The molecule has 4 heteroatoms. The average Bonchev–Trinajstić information content (AvgIpc) is 2.62. The molecule has 0 aromatic heterocycles. The molecule has 2 aromatic rings. The molecule has 0 spiro atoms. The first kappa shape index (κ1) is 16.8. The van der Waals surface area contributed by atoms with E-state index in [1.54, 1.807) is 12.1 Å². The van der Waals surface area contributed by atoms with Gasteiger partial charge in [0.15, 0.2) is 0 Å². The Bertz CT molecular complexity index is 691. The van der Waals surface area contributed by atoms with Crippen molar-refractivity contribution in [2.75, 3.05) is 13.1 Å². The molecule has 1 fully saturated rings. The van der Waals surface area contributed by atoms with Crippen LogP contribution in [0.4, 0.5) is 0 Å². The predicted octanol–water partition coefficient (Wildman–Crippen LogP) is 4.38. The fourth-order valence-corrected chi connectivity index (χ4v) is 3.54. The molecule has 3 nitrogen and oxygen atoms in total. The van der Waals surface area contributed by atoms with Crippen LogP contribution in [0.3, 0.4) is 0 Å².